The van der Waals surface area contributed by atoms with Gasteiger partial charge in [0.1, 0.15) is 6.54 Å². The maximum absolute atomic E-state index is 13.0. The van der Waals surface area contributed by atoms with Crippen LogP contribution in [0, 0.1) is 0 Å². The van der Waals surface area contributed by atoms with Crippen molar-refractivity contribution in [3.05, 3.63) is 70.9 Å². The molecule has 2 heterocycles. The van der Waals surface area contributed by atoms with E-state index in [1.54, 1.807) is 12.1 Å². The van der Waals surface area contributed by atoms with E-state index in [9.17, 15) is 27.6 Å². The molecule has 0 fully saturated rings. The lowest BCUT2D eigenvalue weighted by Gasteiger charge is -2.31. The molecule has 0 spiro atoms. The summed E-state index contributed by atoms with van der Waals surface area (Å²) >= 11 is 0. The smallest absolute Gasteiger partial charge is 0.359 e. The van der Waals surface area contributed by atoms with E-state index in [0.717, 1.165) is 16.3 Å². The number of likely N-dealkylation sites (N-methyl/N-ethyl adjacent to an activating group) is 1. The Bertz CT molecular complexity index is 1310. The van der Waals surface area contributed by atoms with Crippen LogP contribution in [0.15, 0.2) is 59.1 Å². The molecule has 0 saturated heterocycles. The number of hydrogen-bond donors (Lipinski definition) is 0. The average molecular weight is 470 g/mol. The first-order valence-corrected chi connectivity index (χ1v) is 11.3. The number of benzene rings is 2. The number of ether oxygens (including phenoxy) is 2. The van der Waals surface area contributed by atoms with Crippen LogP contribution in [0.3, 0.4) is 0 Å². The van der Waals surface area contributed by atoms with E-state index in [2.05, 4.69) is 0 Å². The van der Waals surface area contributed by atoms with Crippen molar-refractivity contribution in [2.24, 2.45) is 0 Å². The first kappa shape index (κ1) is 22.2. The van der Waals surface area contributed by atoms with Crippen molar-refractivity contribution in [1.29, 1.82) is 0 Å². The summed E-state index contributed by atoms with van der Waals surface area (Å²) in [5, 5.41) is 0. The van der Waals surface area contributed by atoms with Gasteiger partial charge in [-0.1, -0.05) is 24.3 Å². The summed E-state index contributed by atoms with van der Waals surface area (Å²) in [7, 11) is -3.05. The quantitative estimate of drug-likeness (QED) is 0.474. The molecule has 4 rings (SSSR count). The lowest BCUT2D eigenvalue weighted by atomic mass is 10.1. The van der Waals surface area contributed by atoms with Crippen LogP contribution in [-0.2, 0) is 29.1 Å². The number of amides is 2. The molecule has 2 amide bonds. The summed E-state index contributed by atoms with van der Waals surface area (Å²) in [4.78, 5) is 51.0. The van der Waals surface area contributed by atoms with E-state index in [1.165, 1.54) is 43.3 Å². The van der Waals surface area contributed by atoms with Gasteiger partial charge in [-0.25, -0.2) is 18.0 Å². The monoisotopic (exact) mass is 470 g/mol. The summed E-state index contributed by atoms with van der Waals surface area (Å²) in [6, 6.07) is 11.8. The summed E-state index contributed by atoms with van der Waals surface area (Å²) in [5.41, 5.74) is -0.167. The molecule has 0 saturated carbocycles. The zero-order valence-electron chi connectivity index (χ0n) is 17.6. The van der Waals surface area contributed by atoms with Crippen LogP contribution in [0.2, 0.25) is 0 Å². The third kappa shape index (κ3) is 3.46. The standard InChI is InChI=1S/C22H18N2O8S/c1-3-24-18(22(28)31-2)19(15-10-6-7-11-16(15)33(24,29)30)32-17(25)12-23-20(26)13-8-4-5-9-14(13)21(23)27/h4-11H,3,12H2,1-2H3. The van der Waals surface area contributed by atoms with Gasteiger partial charge in [-0.3, -0.25) is 18.8 Å². The van der Waals surface area contributed by atoms with Gasteiger partial charge in [-0.15, -0.1) is 0 Å². The third-order valence-electron chi connectivity index (χ3n) is 5.21. The Hall–Kier alpha value is -3.99. The van der Waals surface area contributed by atoms with Gasteiger partial charge in [-0.2, -0.15) is 0 Å². The molecule has 0 aromatic heterocycles. The fourth-order valence-electron chi connectivity index (χ4n) is 3.74. The maximum atomic E-state index is 13.0. The second kappa shape index (κ2) is 8.17. The van der Waals surface area contributed by atoms with Crippen LogP contribution in [0.5, 0.6) is 0 Å². The first-order valence-electron chi connectivity index (χ1n) is 9.83. The molecule has 2 aromatic carbocycles. The van der Waals surface area contributed by atoms with Crippen LogP contribution in [0.1, 0.15) is 33.2 Å². The number of hydrogen-bond acceptors (Lipinski definition) is 8. The number of methoxy groups -OCH3 is 1. The van der Waals surface area contributed by atoms with Gasteiger partial charge in [-0.05, 0) is 31.2 Å². The first-order chi connectivity index (χ1) is 15.7. The molecule has 2 aliphatic heterocycles. The molecule has 0 bridgehead atoms. The molecule has 10 nitrogen and oxygen atoms in total. The van der Waals surface area contributed by atoms with E-state index < -0.39 is 46.0 Å². The molecule has 2 aromatic rings. The van der Waals surface area contributed by atoms with E-state index >= 15 is 0 Å². The van der Waals surface area contributed by atoms with E-state index in [0.29, 0.717) is 0 Å². The van der Waals surface area contributed by atoms with Gasteiger partial charge < -0.3 is 9.47 Å². The molecule has 2 aliphatic rings. The molecule has 0 radical (unpaired) electrons. The number of nitrogens with zero attached hydrogens (tertiary/aromatic N) is 2. The van der Waals surface area contributed by atoms with Crippen LogP contribution >= 0.6 is 0 Å². The van der Waals surface area contributed by atoms with Gasteiger partial charge in [0.25, 0.3) is 21.8 Å². The highest BCUT2D eigenvalue weighted by molar-refractivity contribution is 7.89. The fourth-order valence-corrected chi connectivity index (χ4v) is 5.40. The SMILES string of the molecule is CCN1C(C(=O)OC)=C(OC(=O)CN2C(=O)c3ccccc3C2=O)c2ccccc2S1(=O)=O. The van der Waals surface area contributed by atoms with Crippen molar-refractivity contribution < 1.29 is 37.1 Å². The average Bonchev–Trinajstić information content (AvgIpc) is 3.05. The second-order valence-corrected chi connectivity index (χ2v) is 8.88. The number of carbonyl (C=O) groups is 4. The minimum atomic E-state index is -4.12. The molecule has 170 valence electrons. The Kier molecular flexibility index (Phi) is 5.50. The van der Waals surface area contributed by atoms with Crippen molar-refractivity contribution >= 4 is 39.5 Å². The second-order valence-electron chi connectivity index (χ2n) is 7.05. The number of carbonyl (C=O) groups excluding carboxylic acids is 4. The Labute approximate surface area is 189 Å². The topological polar surface area (TPSA) is 127 Å². The molecule has 0 aliphatic carbocycles. The summed E-state index contributed by atoms with van der Waals surface area (Å²) in [6.07, 6.45) is 0. The van der Waals surface area contributed by atoms with Gasteiger partial charge in [0.05, 0.1) is 23.1 Å². The van der Waals surface area contributed by atoms with Gasteiger partial charge in [0, 0.05) is 12.1 Å². The van der Waals surface area contributed by atoms with Gasteiger partial charge in [0.2, 0.25) is 0 Å². The Morgan fingerprint density at radius 3 is 2.00 bits per heavy atom. The van der Waals surface area contributed by atoms with Gasteiger partial charge >= 0.3 is 11.9 Å². The van der Waals surface area contributed by atoms with Crippen LogP contribution in [0.4, 0.5) is 0 Å². The van der Waals surface area contributed by atoms with E-state index in [-0.39, 0.29) is 33.9 Å². The maximum Gasteiger partial charge on any atom is 0.359 e. The minimum Gasteiger partial charge on any atom is -0.464 e. The predicted molar refractivity (Wildman–Crippen MR) is 113 cm³/mol. The Morgan fingerprint density at radius 2 is 1.45 bits per heavy atom. The summed E-state index contributed by atoms with van der Waals surface area (Å²) in [5.74, 6) is -3.71. The molecule has 0 unspecified atom stereocenters. The van der Waals surface area contributed by atoms with Crippen LogP contribution < -0.4 is 0 Å². The van der Waals surface area contributed by atoms with Crippen LogP contribution in [-0.4, -0.2) is 61.6 Å². The number of sulfonamides is 1. The lowest BCUT2D eigenvalue weighted by molar-refractivity contribution is -0.138. The largest absolute Gasteiger partial charge is 0.464 e. The third-order valence-corrected chi connectivity index (χ3v) is 7.14. The lowest BCUT2D eigenvalue weighted by Crippen LogP contribution is -2.40. The highest BCUT2D eigenvalue weighted by atomic mass is 32.2. The zero-order valence-corrected chi connectivity index (χ0v) is 18.4. The molecular formula is C22H18N2O8S. The normalized spacial score (nSPS) is 16.4. The molecule has 11 heteroatoms. The minimum absolute atomic E-state index is 0.0155. The van der Waals surface area contributed by atoms with Crippen LogP contribution in [0.25, 0.3) is 5.76 Å². The van der Waals surface area contributed by atoms with Crippen molar-refractivity contribution in [3.8, 4) is 0 Å². The summed E-state index contributed by atoms with van der Waals surface area (Å²) in [6.45, 7) is 0.637. The number of rotatable bonds is 5. The van der Waals surface area contributed by atoms with E-state index in [4.69, 9.17) is 9.47 Å². The summed E-state index contributed by atoms with van der Waals surface area (Å²) < 4.78 is 37.0. The number of imide groups is 1. The van der Waals surface area contributed by atoms with Crippen molar-refractivity contribution in [2.75, 3.05) is 20.2 Å². The zero-order chi connectivity index (χ0) is 23.9. The molecule has 0 atom stereocenters. The van der Waals surface area contributed by atoms with Gasteiger partial charge in [0.15, 0.2) is 11.5 Å². The highest BCUT2D eigenvalue weighted by Crippen LogP contribution is 2.38. The molecular weight excluding hydrogens is 452 g/mol. The Balaban J connectivity index is 1.73. The fraction of sp³-hybridized carbons (Fsp3) is 0.182. The van der Waals surface area contributed by atoms with E-state index in [1.807, 2.05) is 0 Å². The number of esters is 2. The molecule has 33 heavy (non-hydrogen) atoms. The highest BCUT2D eigenvalue weighted by Gasteiger charge is 2.42. The Morgan fingerprint density at radius 1 is 0.909 bits per heavy atom. The van der Waals surface area contributed by atoms with Crippen molar-refractivity contribution in [3.63, 3.8) is 0 Å². The molecule has 0 N–H and O–H groups in total. The predicted octanol–water partition coefficient (Wildman–Crippen LogP) is 1.39. The van der Waals surface area contributed by atoms with Crippen molar-refractivity contribution in [2.45, 2.75) is 11.8 Å². The van der Waals surface area contributed by atoms with Crippen molar-refractivity contribution in [1.82, 2.24) is 9.21 Å². The number of fused-ring (bicyclic) bond motifs is 2.